The zero-order chi connectivity index (χ0) is 26.2. The van der Waals surface area contributed by atoms with E-state index in [0.717, 1.165) is 25.7 Å². The number of phenols is 1. The standard InChI is InChI=1S/C30H36N2O4/c1-20(2)9-6-10-21(3)11-7-12-22(4)17-18-32-27-19-24(34)15-16-26(27)31-29-25(30(32)35)13-8-14-28(29)36-23(5)33/h8-9,11,13-17,19,31,34H,6-7,10,12,18H2,1-5H3/b21-11+,22-17+. The number of benzene rings is 2. The molecule has 0 fully saturated rings. The number of esters is 1. The number of amides is 1. The first kappa shape index (κ1) is 26.8. The Balaban J connectivity index is 1.81. The van der Waals surface area contributed by atoms with Gasteiger partial charge in [-0.15, -0.1) is 0 Å². The van der Waals surface area contributed by atoms with E-state index >= 15 is 0 Å². The van der Waals surface area contributed by atoms with Crippen molar-refractivity contribution in [3.05, 3.63) is 76.9 Å². The Labute approximate surface area is 214 Å². The predicted octanol–water partition coefficient (Wildman–Crippen LogP) is 7.44. The molecule has 1 aliphatic heterocycles. The fourth-order valence-corrected chi connectivity index (χ4v) is 4.08. The first-order valence-electron chi connectivity index (χ1n) is 12.3. The third-order valence-corrected chi connectivity index (χ3v) is 6.03. The molecule has 0 atom stereocenters. The quantitative estimate of drug-likeness (QED) is 0.166. The van der Waals surface area contributed by atoms with E-state index in [2.05, 4.69) is 51.2 Å². The minimum absolute atomic E-state index is 0.0638. The summed E-state index contributed by atoms with van der Waals surface area (Å²) in [5, 5.41) is 13.4. The van der Waals surface area contributed by atoms with Gasteiger partial charge in [0.1, 0.15) is 5.75 Å². The number of nitrogens with one attached hydrogen (secondary N) is 1. The number of fused-ring (bicyclic) bond motifs is 2. The van der Waals surface area contributed by atoms with E-state index in [1.807, 2.05) is 0 Å². The van der Waals surface area contributed by atoms with Crippen LogP contribution >= 0.6 is 0 Å². The van der Waals surface area contributed by atoms with Gasteiger partial charge in [0.05, 0.1) is 22.6 Å². The molecule has 2 aromatic carbocycles. The summed E-state index contributed by atoms with van der Waals surface area (Å²) in [5.41, 5.74) is 5.94. The molecule has 0 aromatic heterocycles. The van der Waals surface area contributed by atoms with Crippen LogP contribution < -0.4 is 15.0 Å². The molecule has 3 rings (SSSR count). The lowest BCUT2D eigenvalue weighted by Gasteiger charge is -2.22. The monoisotopic (exact) mass is 488 g/mol. The number of rotatable bonds is 9. The summed E-state index contributed by atoms with van der Waals surface area (Å²) >= 11 is 0. The topological polar surface area (TPSA) is 78.9 Å². The summed E-state index contributed by atoms with van der Waals surface area (Å²) in [5.74, 6) is -0.360. The third-order valence-electron chi connectivity index (χ3n) is 6.03. The van der Waals surface area contributed by atoms with Crippen molar-refractivity contribution in [3.63, 3.8) is 0 Å². The predicted molar refractivity (Wildman–Crippen MR) is 146 cm³/mol. The average molecular weight is 489 g/mol. The number of hydrogen-bond donors (Lipinski definition) is 2. The zero-order valence-electron chi connectivity index (χ0n) is 21.9. The van der Waals surface area contributed by atoms with Crippen molar-refractivity contribution in [3.8, 4) is 11.5 Å². The first-order chi connectivity index (χ1) is 17.2. The molecular weight excluding hydrogens is 452 g/mol. The molecule has 0 aliphatic carbocycles. The van der Waals surface area contributed by atoms with Gasteiger partial charge in [-0.1, -0.05) is 41.0 Å². The zero-order valence-corrected chi connectivity index (χ0v) is 21.9. The maximum absolute atomic E-state index is 13.6. The van der Waals surface area contributed by atoms with Crippen molar-refractivity contribution in [2.45, 2.75) is 60.3 Å². The molecule has 190 valence electrons. The van der Waals surface area contributed by atoms with Gasteiger partial charge in [-0.3, -0.25) is 9.59 Å². The largest absolute Gasteiger partial charge is 0.508 e. The van der Waals surface area contributed by atoms with Gasteiger partial charge in [0.2, 0.25) is 0 Å². The van der Waals surface area contributed by atoms with Gasteiger partial charge in [-0.25, -0.2) is 0 Å². The second kappa shape index (κ2) is 12.2. The molecule has 0 unspecified atom stereocenters. The highest BCUT2D eigenvalue weighted by atomic mass is 16.5. The molecule has 2 N–H and O–H groups in total. The van der Waals surface area contributed by atoms with Crippen molar-refractivity contribution in [1.29, 1.82) is 0 Å². The van der Waals surface area contributed by atoms with Crippen LogP contribution in [0.5, 0.6) is 11.5 Å². The smallest absolute Gasteiger partial charge is 0.308 e. The number of nitrogens with zero attached hydrogens (tertiary/aromatic N) is 1. The Morgan fingerprint density at radius 2 is 1.67 bits per heavy atom. The highest BCUT2D eigenvalue weighted by Gasteiger charge is 2.28. The SMILES string of the molecule is CC(=O)Oc1cccc2c1Nc1ccc(O)cc1N(C/C=C(\C)CC/C=C(\C)CCC=C(C)C)C2=O. The number of anilines is 3. The van der Waals surface area contributed by atoms with Crippen LogP contribution in [0.4, 0.5) is 17.1 Å². The number of carbonyl (C=O) groups excluding carboxylic acids is 2. The Morgan fingerprint density at radius 1 is 0.972 bits per heavy atom. The van der Waals surface area contributed by atoms with Gasteiger partial charge in [0.15, 0.2) is 5.75 Å². The van der Waals surface area contributed by atoms with Crippen molar-refractivity contribution < 1.29 is 19.4 Å². The summed E-state index contributed by atoms with van der Waals surface area (Å²) < 4.78 is 5.35. The van der Waals surface area contributed by atoms with Crippen molar-refractivity contribution in [2.24, 2.45) is 0 Å². The fraction of sp³-hybridized carbons (Fsp3) is 0.333. The molecule has 6 nitrogen and oxygen atoms in total. The van der Waals surface area contributed by atoms with E-state index in [0.29, 0.717) is 29.2 Å². The molecule has 0 saturated carbocycles. The van der Waals surface area contributed by atoms with Crippen LogP contribution in [0.25, 0.3) is 0 Å². The van der Waals surface area contributed by atoms with Crippen molar-refractivity contribution >= 4 is 28.9 Å². The van der Waals surface area contributed by atoms with Crippen molar-refractivity contribution in [1.82, 2.24) is 0 Å². The number of para-hydroxylation sites is 1. The van der Waals surface area contributed by atoms with Crippen LogP contribution in [0, 0.1) is 0 Å². The molecule has 0 bridgehead atoms. The van der Waals surface area contributed by atoms with Gasteiger partial charge >= 0.3 is 5.97 Å². The van der Waals surface area contributed by atoms with E-state index < -0.39 is 5.97 Å². The van der Waals surface area contributed by atoms with Gasteiger partial charge in [-0.05, 0) is 77.6 Å². The molecule has 1 amide bonds. The lowest BCUT2D eigenvalue weighted by molar-refractivity contribution is -0.131. The second-order valence-electron chi connectivity index (χ2n) is 9.47. The van der Waals surface area contributed by atoms with Gasteiger partial charge in [-0.2, -0.15) is 0 Å². The van der Waals surface area contributed by atoms with Crippen LogP contribution in [-0.4, -0.2) is 23.5 Å². The highest BCUT2D eigenvalue weighted by molar-refractivity contribution is 6.14. The number of carbonyl (C=O) groups is 2. The van der Waals surface area contributed by atoms with E-state index in [1.54, 1.807) is 41.3 Å². The molecule has 0 spiro atoms. The van der Waals surface area contributed by atoms with E-state index in [-0.39, 0.29) is 17.4 Å². The highest BCUT2D eigenvalue weighted by Crippen LogP contribution is 2.41. The van der Waals surface area contributed by atoms with Crippen LogP contribution in [0.1, 0.15) is 70.7 Å². The van der Waals surface area contributed by atoms with E-state index in [4.69, 9.17) is 4.74 Å². The number of hydrogen-bond acceptors (Lipinski definition) is 5. The molecule has 0 saturated heterocycles. The normalized spacial score (nSPS) is 13.4. The molecular formula is C30H36N2O4. The molecule has 0 radical (unpaired) electrons. The molecule has 36 heavy (non-hydrogen) atoms. The van der Waals surface area contributed by atoms with Gasteiger partial charge in [0.25, 0.3) is 5.91 Å². The molecule has 2 aromatic rings. The second-order valence-corrected chi connectivity index (χ2v) is 9.47. The van der Waals surface area contributed by atoms with Gasteiger partial charge < -0.3 is 20.1 Å². The molecule has 1 heterocycles. The number of aromatic hydroxyl groups is 1. The van der Waals surface area contributed by atoms with Crippen LogP contribution in [0.2, 0.25) is 0 Å². The van der Waals surface area contributed by atoms with Gasteiger partial charge in [0, 0.05) is 19.5 Å². The van der Waals surface area contributed by atoms with Crippen LogP contribution in [0.15, 0.2) is 71.3 Å². The number of phenolic OH excluding ortho intramolecular Hbond substituents is 1. The van der Waals surface area contributed by atoms with Crippen molar-refractivity contribution in [2.75, 3.05) is 16.8 Å². The Hall–Kier alpha value is -3.80. The first-order valence-corrected chi connectivity index (χ1v) is 12.3. The minimum Gasteiger partial charge on any atom is -0.508 e. The average Bonchev–Trinajstić information content (AvgIpc) is 2.92. The van der Waals surface area contributed by atoms with E-state index in [9.17, 15) is 14.7 Å². The van der Waals surface area contributed by atoms with E-state index in [1.165, 1.54) is 23.6 Å². The Kier molecular flexibility index (Phi) is 9.12. The summed E-state index contributed by atoms with van der Waals surface area (Å²) in [6.07, 6.45) is 10.6. The summed E-state index contributed by atoms with van der Waals surface area (Å²) in [4.78, 5) is 26.9. The maximum atomic E-state index is 13.6. The lowest BCUT2D eigenvalue weighted by Crippen LogP contribution is -2.30. The third kappa shape index (κ3) is 7.11. The molecule has 1 aliphatic rings. The summed E-state index contributed by atoms with van der Waals surface area (Å²) in [6, 6.07) is 9.88. The lowest BCUT2D eigenvalue weighted by atomic mass is 10.1. The maximum Gasteiger partial charge on any atom is 0.308 e. The molecule has 6 heteroatoms. The van der Waals surface area contributed by atoms with Crippen LogP contribution in [-0.2, 0) is 4.79 Å². The summed E-state index contributed by atoms with van der Waals surface area (Å²) in [7, 11) is 0. The number of ether oxygens (including phenoxy) is 1. The number of allylic oxidation sites excluding steroid dienone is 5. The Morgan fingerprint density at radius 3 is 2.36 bits per heavy atom. The summed E-state index contributed by atoms with van der Waals surface area (Å²) in [6.45, 7) is 10.2. The minimum atomic E-state index is -0.468. The Bertz CT molecular complexity index is 1220. The van der Waals surface area contributed by atoms with Crippen LogP contribution in [0.3, 0.4) is 0 Å². The fourth-order valence-electron chi connectivity index (χ4n) is 4.08.